The van der Waals surface area contributed by atoms with Gasteiger partial charge in [0.25, 0.3) is 5.91 Å². The van der Waals surface area contributed by atoms with Gasteiger partial charge in [-0.25, -0.2) is 9.37 Å². The van der Waals surface area contributed by atoms with Crippen LogP contribution in [-0.4, -0.2) is 21.8 Å². The number of carbonyl (C=O) groups is 1. The monoisotopic (exact) mass is 346 g/mol. The van der Waals surface area contributed by atoms with Crippen LogP contribution >= 0.6 is 11.3 Å². The summed E-state index contributed by atoms with van der Waals surface area (Å²) in [4.78, 5) is 20.1. The first-order valence-electron chi connectivity index (χ1n) is 8.60. The van der Waals surface area contributed by atoms with Crippen LogP contribution in [-0.2, 0) is 13.0 Å². The molecule has 1 aromatic heterocycles. The molecule has 1 fully saturated rings. The summed E-state index contributed by atoms with van der Waals surface area (Å²) in [5, 5.41) is 1.03. The van der Waals surface area contributed by atoms with Crippen molar-refractivity contribution in [3.05, 3.63) is 51.2 Å². The summed E-state index contributed by atoms with van der Waals surface area (Å²) in [7, 11) is 0. The fourth-order valence-electron chi connectivity index (χ4n) is 2.78. The molecule has 128 valence electrons. The van der Waals surface area contributed by atoms with Crippen molar-refractivity contribution in [1.82, 2.24) is 9.88 Å². The van der Waals surface area contributed by atoms with E-state index in [9.17, 15) is 9.18 Å². The predicted octanol–water partition coefficient (Wildman–Crippen LogP) is 4.74. The van der Waals surface area contributed by atoms with Crippen LogP contribution in [0.4, 0.5) is 4.39 Å². The third-order valence-electron chi connectivity index (χ3n) is 4.33. The van der Waals surface area contributed by atoms with E-state index in [-0.39, 0.29) is 17.8 Å². The standard InChI is InChI=1S/C19H23FN2OS/c1-3-4-9-17-21-13(2)18(24-17)19(23)22(15-10-11-15)12-14-7-5-6-8-16(14)20/h5-8,15H,3-4,9-12H2,1-2H3. The molecule has 3 nitrogen and oxygen atoms in total. The number of thiazole rings is 1. The van der Waals surface area contributed by atoms with Crippen molar-refractivity contribution < 1.29 is 9.18 Å². The number of carbonyl (C=O) groups excluding carboxylic acids is 1. The summed E-state index contributed by atoms with van der Waals surface area (Å²) in [6.07, 6.45) is 5.12. The van der Waals surface area contributed by atoms with E-state index in [1.165, 1.54) is 17.4 Å². The van der Waals surface area contributed by atoms with Crippen LogP contribution in [0.5, 0.6) is 0 Å². The Morgan fingerprint density at radius 1 is 1.38 bits per heavy atom. The smallest absolute Gasteiger partial charge is 0.266 e. The van der Waals surface area contributed by atoms with Gasteiger partial charge in [0, 0.05) is 18.2 Å². The largest absolute Gasteiger partial charge is 0.330 e. The number of aryl methyl sites for hydroxylation is 2. The summed E-state index contributed by atoms with van der Waals surface area (Å²) < 4.78 is 14.0. The number of hydrogen-bond acceptors (Lipinski definition) is 3. The molecule has 1 aliphatic rings. The van der Waals surface area contributed by atoms with Crippen LogP contribution in [0.2, 0.25) is 0 Å². The summed E-state index contributed by atoms with van der Waals surface area (Å²) in [6, 6.07) is 6.93. The fourth-order valence-corrected chi connectivity index (χ4v) is 3.84. The second-order valence-corrected chi connectivity index (χ2v) is 7.46. The fraction of sp³-hybridized carbons (Fsp3) is 0.474. The highest BCUT2D eigenvalue weighted by molar-refractivity contribution is 7.13. The van der Waals surface area contributed by atoms with E-state index in [2.05, 4.69) is 11.9 Å². The molecular formula is C19H23FN2OS. The van der Waals surface area contributed by atoms with Crippen molar-refractivity contribution in [2.45, 2.75) is 58.5 Å². The Kier molecular flexibility index (Phi) is 5.29. The number of amides is 1. The third-order valence-corrected chi connectivity index (χ3v) is 5.53. The number of rotatable bonds is 7. The zero-order chi connectivity index (χ0) is 17.1. The minimum absolute atomic E-state index is 0.00139. The molecule has 1 saturated carbocycles. The van der Waals surface area contributed by atoms with Crippen LogP contribution in [0, 0.1) is 12.7 Å². The molecule has 0 atom stereocenters. The zero-order valence-corrected chi connectivity index (χ0v) is 15.0. The normalized spacial score (nSPS) is 14.0. The van der Waals surface area contributed by atoms with Crippen LogP contribution in [0.3, 0.4) is 0 Å². The van der Waals surface area contributed by atoms with E-state index in [0.29, 0.717) is 17.0 Å². The van der Waals surface area contributed by atoms with Gasteiger partial charge in [-0.15, -0.1) is 11.3 Å². The number of hydrogen-bond donors (Lipinski definition) is 0. The third kappa shape index (κ3) is 3.83. The number of unbranched alkanes of at least 4 members (excludes halogenated alkanes) is 1. The number of aromatic nitrogens is 1. The minimum Gasteiger partial charge on any atom is -0.330 e. The Bertz CT molecular complexity index is 724. The summed E-state index contributed by atoms with van der Waals surface area (Å²) in [5.41, 5.74) is 1.38. The Morgan fingerprint density at radius 2 is 2.12 bits per heavy atom. The summed E-state index contributed by atoms with van der Waals surface area (Å²) in [5.74, 6) is -0.251. The van der Waals surface area contributed by atoms with Crippen molar-refractivity contribution in [3.63, 3.8) is 0 Å². The molecule has 5 heteroatoms. The second-order valence-electron chi connectivity index (χ2n) is 6.38. The average molecular weight is 346 g/mol. The number of halogens is 1. The SMILES string of the molecule is CCCCc1nc(C)c(C(=O)N(Cc2ccccc2F)C2CC2)s1. The topological polar surface area (TPSA) is 33.2 Å². The lowest BCUT2D eigenvalue weighted by Gasteiger charge is -2.22. The number of benzene rings is 1. The van der Waals surface area contributed by atoms with E-state index < -0.39 is 0 Å². The molecule has 0 bridgehead atoms. The Balaban J connectivity index is 1.80. The zero-order valence-electron chi connectivity index (χ0n) is 14.2. The van der Waals surface area contributed by atoms with Crippen LogP contribution in [0.25, 0.3) is 0 Å². The Labute approximate surface area is 146 Å². The van der Waals surface area contributed by atoms with Crippen LogP contribution in [0.1, 0.15) is 58.5 Å². The van der Waals surface area contributed by atoms with Gasteiger partial charge >= 0.3 is 0 Å². The average Bonchev–Trinajstić information content (AvgIpc) is 3.34. The maximum atomic E-state index is 14.0. The van der Waals surface area contributed by atoms with Gasteiger partial charge in [0.15, 0.2) is 0 Å². The second kappa shape index (κ2) is 7.43. The Morgan fingerprint density at radius 3 is 2.79 bits per heavy atom. The molecule has 0 spiro atoms. The quantitative estimate of drug-likeness (QED) is 0.725. The van der Waals surface area contributed by atoms with Crippen molar-refractivity contribution in [2.75, 3.05) is 0 Å². The molecule has 1 aromatic carbocycles. The first-order valence-corrected chi connectivity index (χ1v) is 9.42. The molecule has 0 aliphatic heterocycles. The number of nitrogens with zero attached hydrogens (tertiary/aromatic N) is 2. The molecule has 1 heterocycles. The Hall–Kier alpha value is -1.75. The summed E-state index contributed by atoms with van der Waals surface area (Å²) in [6.45, 7) is 4.38. The van der Waals surface area contributed by atoms with E-state index in [1.54, 1.807) is 12.1 Å². The molecule has 0 radical (unpaired) electrons. The van der Waals surface area contributed by atoms with Gasteiger partial charge in [-0.1, -0.05) is 31.5 Å². The van der Waals surface area contributed by atoms with Crippen LogP contribution < -0.4 is 0 Å². The molecule has 0 N–H and O–H groups in total. The van der Waals surface area contributed by atoms with Crippen molar-refractivity contribution in [3.8, 4) is 0 Å². The van der Waals surface area contributed by atoms with E-state index in [1.807, 2.05) is 17.9 Å². The highest BCUT2D eigenvalue weighted by atomic mass is 32.1. The van der Waals surface area contributed by atoms with E-state index >= 15 is 0 Å². The lowest BCUT2D eigenvalue weighted by molar-refractivity contribution is 0.0732. The first kappa shape index (κ1) is 17.1. The predicted molar refractivity (Wildman–Crippen MR) is 94.8 cm³/mol. The highest BCUT2D eigenvalue weighted by Gasteiger charge is 2.35. The van der Waals surface area contributed by atoms with Gasteiger partial charge in [-0.2, -0.15) is 0 Å². The maximum absolute atomic E-state index is 14.0. The van der Waals surface area contributed by atoms with Gasteiger partial charge in [0.2, 0.25) is 0 Å². The molecular weight excluding hydrogens is 323 g/mol. The van der Waals surface area contributed by atoms with E-state index in [4.69, 9.17) is 0 Å². The van der Waals surface area contributed by atoms with E-state index in [0.717, 1.165) is 42.8 Å². The molecule has 1 aliphatic carbocycles. The minimum atomic E-state index is -0.249. The lowest BCUT2D eigenvalue weighted by Crippen LogP contribution is -2.32. The molecule has 0 saturated heterocycles. The van der Waals surface area contributed by atoms with Gasteiger partial charge in [-0.05, 0) is 38.7 Å². The molecule has 24 heavy (non-hydrogen) atoms. The van der Waals surface area contributed by atoms with Gasteiger partial charge < -0.3 is 4.90 Å². The lowest BCUT2D eigenvalue weighted by atomic mass is 10.2. The first-order chi connectivity index (χ1) is 11.6. The molecule has 3 rings (SSSR count). The van der Waals surface area contributed by atoms with Crippen molar-refractivity contribution in [1.29, 1.82) is 0 Å². The summed E-state index contributed by atoms with van der Waals surface area (Å²) >= 11 is 1.50. The van der Waals surface area contributed by atoms with Gasteiger partial charge in [0.05, 0.1) is 10.7 Å². The van der Waals surface area contributed by atoms with Crippen molar-refractivity contribution >= 4 is 17.2 Å². The maximum Gasteiger partial charge on any atom is 0.266 e. The molecule has 1 amide bonds. The molecule has 2 aromatic rings. The molecule has 0 unspecified atom stereocenters. The van der Waals surface area contributed by atoms with Gasteiger partial charge in [-0.3, -0.25) is 4.79 Å². The highest BCUT2D eigenvalue weighted by Crippen LogP contribution is 2.32. The van der Waals surface area contributed by atoms with Gasteiger partial charge in [0.1, 0.15) is 10.7 Å². The van der Waals surface area contributed by atoms with Crippen molar-refractivity contribution in [2.24, 2.45) is 0 Å². The van der Waals surface area contributed by atoms with Crippen LogP contribution in [0.15, 0.2) is 24.3 Å².